The van der Waals surface area contributed by atoms with Gasteiger partial charge in [0.1, 0.15) is 11.5 Å². The van der Waals surface area contributed by atoms with E-state index < -0.39 is 0 Å². The maximum Gasteiger partial charge on any atom is 0.163 e. The zero-order chi connectivity index (χ0) is 13.6. The fraction of sp³-hybridized carbons (Fsp3) is 0.188. The Labute approximate surface area is 111 Å². The molecule has 0 aliphatic heterocycles. The van der Waals surface area contributed by atoms with Gasteiger partial charge in [-0.1, -0.05) is 18.2 Å². The number of furan rings is 1. The minimum atomic E-state index is 0.0324. The van der Waals surface area contributed by atoms with Crippen LogP contribution in [-0.4, -0.2) is 10.8 Å². The third-order valence-electron chi connectivity index (χ3n) is 3.44. The molecule has 0 atom stereocenters. The summed E-state index contributed by atoms with van der Waals surface area (Å²) < 4.78 is 5.77. The molecule has 3 nitrogen and oxygen atoms in total. The molecule has 0 radical (unpaired) electrons. The van der Waals surface area contributed by atoms with Gasteiger partial charge in [-0.05, 0) is 32.9 Å². The summed E-state index contributed by atoms with van der Waals surface area (Å²) in [4.78, 5) is 14.9. The van der Waals surface area contributed by atoms with E-state index in [1.807, 2.05) is 38.1 Å². The van der Waals surface area contributed by atoms with Crippen LogP contribution in [0, 0.1) is 13.8 Å². The van der Waals surface area contributed by atoms with E-state index in [1.165, 1.54) is 0 Å². The number of hydrogen-bond donors (Lipinski definition) is 1. The van der Waals surface area contributed by atoms with Crippen molar-refractivity contribution in [1.82, 2.24) is 4.98 Å². The number of carbonyl (C=O) groups excluding carboxylic acids is 1. The standard InChI is InChI=1S/C16H15NO2/c1-9-16(12-6-4-5-7-14(12)17-9)15-8-13(10(2)18)11(3)19-15/h4-8,17H,1-3H3. The van der Waals surface area contributed by atoms with Gasteiger partial charge in [0.05, 0.1) is 5.56 Å². The maximum atomic E-state index is 11.5. The van der Waals surface area contributed by atoms with Crippen LogP contribution in [-0.2, 0) is 0 Å². The molecule has 1 aromatic carbocycles. The van der Waals surface area contributed by atoms with Crippen molar-refractivity contribution in [2.75, 3.05) is 0 Å². The van der Waals surface area contributed by atoms with E-state index in [0.29, 0.717) is 11.3 Å². The Morgan fingerprint density at radius 3 is 2.63 bits per heavy atom. The normalized spacial score (nSPS) is 11.1. The number of H-pyrrole nitrogens is 1. The molecule has 0 amide bonds. The van der Waals surface area contributed by atoms with Crippen molar-refractivity contribution in [2.24, 2.45) is 0 Å². The highest BCUT2D eigenvalue weighted by Gasteiger charge is 2.17. The molecule has 3 rings (SSSR count). The van der Waals surface area contributed by atoms with E-state index >= 15 is 0 Å². The highest BCUT2D eigenvalue weighted by molar-refractivity contribution is 5.99. The van der Waals surface area contributed by atoms with Gasteiger partial charge in [-0.25, -0.2) is 0 Å². The van der Waals surface area contributed by atoms with Crippen molar-refractivity contribution in [3.8, 4) is 11.3 Å². The highest BCUT2D eigenvalue weighted by Crippen LogP contribution is 2.34. The van der Waals surface area contributed by atoms with Crippen molar-refractivity contribution >= 4 is 16.7 Å². The van der Waals surface area contributed by atoms with Gasteiger partial charge in [0.15, 0.2) is 5.78 Å². The second kappa shape index (κ2) is 4.12. The SMILES string of the molecule is CC(=O)c1cc(-c2c(C)[nH]c3ccccc23)oc1C. The average Bonchev–Trinajstić information content (AvgIpc) is 2.88. The van der Waals surface area contributed by atoms with Crippen molar-refractivity contribution in [3.05, 3.63) is 47.3 Å². The van der Waals surface area contributed by atoms with Gasteiger partial charge in [-0.15, -0.1) is 0 Å². The predicted molar refractivity (Wildman–Crippen MR) is 75.5 cm³/mol. The van der Waals surface area contributed by atoms with Crippen molar-refractivity contribution in [3.63, 3.8) is 0 Å². The molecule has 96 valence electrons. The van der Waals surface area contributed by atoms with Crippen LogP contribution >= 0.6 is 0 Å². The summed E-state index contributed by atoms with van der Waals surface area (Å²) in [5.74, 6) is 1.45. The largest absolute Gasteiger partial charge is 0.461 e. The van der Waals surface area contributed by atoms with E-state index in [0.717, 1.165) is 27.9 Å². The second-order valence-electron chi connectivity index (χ2n) is 4.81. The number of aromatic amines is 1. The molecular weight excluding hydrogens is 238 g/mol. The Hall–Kier alpha value is -2.29. The minimum absolute atomic E-state index is 0.0324. The second-order valence-corrected chi connectivity index (χ2v) is 4.81. The number of fused-ring (bicyclic) bond motifs is 1. The number of rotatable bonds is 2. The minimum Gasteiger partial charge on any atom is -0.461 e. The monoisotopic (exact) mass is 253 g/mol. The number of para-hydroxylation sites is 1. The number of aromatic nitrogens is 1. The third-order valence-corrected chi connectivity index (χ3v) is 3.44. The lowest BCUT2D eigenvalue weighted by Crippen LogP contribution is -1.90. The molecule has 0 saturated heterocycles. The molecule has 0 aliphatic carbocycles. The maximum absolute atomic E-state index is 11.5. The van der Waals surface area contributed by atoms with Crippen LogP contribution in [0.5, 0.6) is 0 Å². The lowest BCUT2D eigenvalue weighted by atomic mass is 10.1. The summed E-state index contributed by atoms with van der Waals surface area (Å²) in [5.41, 5.74) is 3.81. The number of aryl methyl sites for hydroxylation is 2. The Balaban J connectivity index is 2.27. The van der Waals surface area contributed by atoms with E-state index in [1.54, 1.807) is 6.92 Å². The first-order valence-electron chi connectivity index (χ1n) is 6.27. The molecule has 0 spiro atoms. The molecule has 0 unspecified atom stereocenters. The number of hydrogen-bond acceptors (Lipinski definition) is 2. The summed E-state index contributed by atoms with van der Waals surface area (Å²) in [5, 5.41) is 1.11. The predicted octanol–water partition coefficient (Wildman–Crippen LogP) is 4.25. The summed E-state index contributed by atoms with van der Waals surface area (Å²) >= 11 is 0. The molecule has 2 heterocycles. The van der Waals surface area contributed by atoms with Crippen LogP contribution in [0.4, 0.5) is 0 Å². The van der Waals surface area contributed by atoms with Crippen LogP contribution in [0.25, 0.3) is 22.2 Å². The Bertz CT molecular complexity index is 777. The zero-order valence-corrected chi connectivity index (χ0v) is 11.2. The topological polar surface area (TPSA) is 46.0 Å². The first-order chi connectivity index (χ1) is 9.08. The quantitative estimate of drug-likeness (QED) is 0.694. The number of benzene rings is 1. The molecule has 0 aliphatic rings. The summed E-state index contributed by atoms with van der Waals surface area (Å²) in [6.07, 6.45) is 0. The van der Waals surface area contributed by atoms with Gasteiger partial charge in [-0.2, -0.15) is 0 Å². The van der Waals surface area contributed by atoms with Crippen LogP contribution in [0.3, 0.4) is 0 Å². The number of nitrogens with one attached hydrogen (secondary N) is 1. The molecule has 19 heavy (non-hydrogen) atoms. The van der Waals surface area contributed by atoms with Crippen LogP contribution in [0.2, 0.25) is 0 Å². The lowest BCUT2D eigenvalue weighted by Gasteiger charge is -1.96. The Morgan fingerprint density at radius 1 is 1.21 bits per heavy atom. The highest BCUT2D eigenvalue weighted by atomic mass is 16.3. The van der Waals surface area contributed by atoms with Crippen LogP contribution in [0.15, 0.2) is 34.7 Å². The number of Topliss-reactive ketones (excluding diaryl/α,β-unsaturated/α-hetero) is 1. The Morgan fingerprint density at radius 2 is 1.95 bits per heavy atom. The summed E-state index contributed by atoms with van der Waals surface area (Å²) in [7, 11) is 0. The lowest BCUT2D eigenvalue weighted by molar-refractivity contribution is 0.101. The molecule has 0 saturated carbocycles. The van der Waals surface area contributed by atoms with Gasteiger partial charge in [0, 0.05) is 22.2 Å². The first kappa shape index (κ1) is 11.8. The van der Waals surface area contributed by atoms with E-state index in [-0.39, 0.29) is 5.78 Å². The van der Waals surface area contributed by atoms with E-state index in [4.69, 9.17) is 4.42 Å². The third kappa shape index (κ3) is 1.78. The molecular formula is C16H15NO2. The summed E-state index contributed by atoms with van der Waals surface area (Å²) in [6.45, 7) is 5.40. The van der Waals surface area contributed by atoms with Gasteiger partial charge in [0.25, 0.3) is 0 Å². The molecule has 2 aromatic heterocycles. The molecule has 3 aromatic rings. The molecule has 1 N–H and O–H groups in total. The van der Waals surface area contributed by atoms with Crippen LogP contribution in [0.1, 0.15) is 28.7 Å². The smallest absolute Gasteiger partial charge is 0.163 e. The Kier molecular flexibility index (Phi) is 2.56. The molecule has 0 fully saturated rings. The van der Waals surface area contributed by atoms with Crippen LogP contribution < -0.4 is 0 Å². The number of carbonyl (C=O) groups is 1. The van der Waals surface area contributed by atoms with Gasteiger partial charge >= 0.3 is 0 Å². The zero-order valence-electron chi connectivity index (χ0n) is 11.2. The van der Waals surface area contributed by atoms with E-state index in [9.17, 15) is 4.79 Å². The number of ketones is 1. The average molecular weight is 253 g/mol. The van der Waals surface area contributed by atoms with Gasteiger partial charge in [-0.3, -0.25) is 4.79 Å². The van der Waals surface area contributed by atoms with E-state index in [2.05, 4.69) is 11.1 Å². The first-order valence-corrected chi connectivity index (χ1v) is 6.27. The van der Waals surface area contributed by atoms with Gasteiger partial charge in [0.2, 0.25) is 0 Å². The van der Waals surface area contributed by atoms with Crippen molar-refractivity contribution in [1.29, 1.82) is 0 Å². The summed E-state index contributed by atoms with van der Waals surface area (Å²) in [6, 6.07) is 9.92. The van der Waals surface area contributed by atoms with Crippen molar-refractivity contribution < 1.29 is 9.21 Å². The molecule has 3 heteroatoms. The van der Waals surface area contributed by atoms with Gasteiger partial charge < -0.3 is 9.40 Å². The van der Waals surface area contributed by atoms with Crippen molar-refractivity contribution in [2.45, 2.75) is 20.8 Å². The fourth-order valence-corrected chi connectivity index (χ4v) is 2.55. The fourth-order valence-electron chi connectivity index (χ4n) is 2.55. The molecule has 0 bridgehead atoms.